The molecule has 1 amide bonds. The second-order valence-electron chi connectivity index (χ2n) is 7.60. The maximum absolute atomic E-state index is 12.7. The van der Waals surface area contributed by atoms with Gasteiger partial charge in [-0.1, -0.05) is 11.6 Å². The number of aryl methyl sites for hydroxylation is 3. The van der Waals surface area contributed by atoms with E-state index in [0.29, 0.717) is 27.8 Å². The zero-order chi connectivity index (χ0) is 24.6. The Hall–Kier alpha value is -3.76. The number of halogens is 1. The predicted molar refractivity (Wildman–Crippen MR) is 129 cm³/mol. The summed E-state index contributed by atoms with van der Waals surface area (Å²) in [5, 5.41) is 3.28. The molecule has 0 unspecified atom stereocenters. The highest BCUT2D eigenvalue weighted by Gasteiger charge is 2.17. The lowest BCUT2D eigenvalue weighted by atomic mass is 10.1. The van der Waals surface area contributed by atoms with Crippen LogP contribution in [-0.4, -0.2) is 24.3 Å². The van der Waals surface area contributed by atoms with Gasteiger partial charge in [0.05, 0.1) is 10.3 Å². The summed E-state index contributed by atoms with van der Waals surface area (Å²) in [6.45, 7) is 5.15. The Labute approximate surface area is 199 Å². The van der Waals surface area contributed by atoms with E-state index >= 15 is 0 Å². The first-order valence-corrected chi connectivity index (χ1v) is 11.9. The molecule has 0 saturated heterocycles. The molecule has 34 heavy (non-hydrogen) atoms. The van der Waals surface area contributed by atoms with Gasteiger partial charge in [0, 0.05) is 28.5 Å². The van der Waals surface area contributed by atoms with Gasteiger partial charge in [-0.25, -0.2) is 18.4 Å². The fourth-order valence-electron chi connectivity index (χ4n) is 3.26. The Morgan fingerprint density at radius 2 is 1.71 bits per heavy atom. The van der Waals surface area contributed by atoms with Crippen molar-refractivity contribution < 1.29 is 17.6 Å². The molecule has 0 spiro atoms. The lowest BCUT2D eigenvalue weighted by molar-refractivity contribution is 0.0997. The van der Waals surface area contributed by atoms with Gasteiger partial charge in [0.2, 0.25) is 0 Å². The molecule has 4 rings (SSSR count). The number of hydrogen-bond donors (Lipinski definition) is 2. The molecular formula is C23H19ClN4O5S. The minimum atomic E-state index is -3.91. The van der Waals surface area contributed by atoms with Gasteiger partial charge in [-0.2, -0.15) is 0 Å². The minimum Gasteiger partial charge on any atom is -0.451 e. The highest BCUT2D eigenvalue weighted by atomic mass is 35.5. The van der Waals surface area contributed by atoms with Crippen LogP contribution in [0.15, 0.2) is 62.6 Å². The maximum atomic E-state index is 12.7. The number of rotatable bonds is 5. The van der Waals surface area contributed by atoms with Crippen LogP contribution in [0.5, 0.6) is 0 Å². The standard InChI is InChI=1S/C23H19ClN4O5S/c1-12-8-20-17(10-18(12)24)19(29)11-21(33-20)23(30)27-15-4-6-16(7-5-15)34(31,32)28-22-9-13(2)25-14(3)26-22/h4-11H,1-3H3,(H,27,30)(H,25,26,28). The molecule has 174 valence electrons. The molecule has 0 saturated carbocycles. The summed E-state index contributed by atoms with van der Waals surface area (Å²) in [4.78, 5) is 33.2. The van der Waals surface area contributed by atoms with Crippen LogP contribution in [0.2, 0.25) is 5.02 Å². The van der Waals surface area contributed by atoms with Crippen LogP contribution in [0.25, 0.3) is 11.0 Å². The molecule has 9 nitrogen and oxygen atoms in total. The maximum Gasteiger partial charge on any atom is 0.291 e. The van der Waals surface area contributed by atoms with E-state index in [2.05, 4.69) is 20.0 Å². The van der Waals surface area contributed by atoms with Crippen molar-refractivity contribution in [3.63, 3.8) is 0 Å². The number of anilines is 2. The predicted octanol–water partition coefficient (Wildman–Crippen LogP) is 4.21. The van der Waals surface area contributed by atoms with Crippen LogP contribution in [0.3, 0.4) is 0 Å². The highest BCUT2D eigenvalue weighted by Crippen LogP contribution is 2.23. The molecule has 0 radical (unpaired) electrons. The van der Waals surface area contributed by atoms with Crippen LogP contribution < -0.4 is 15.5 Å². The number of carbonyl (C=O) groups is 1. The number of aromatic nitrogens is 2. The van der Waals surface area contributed by atoms with Crippen molar-refractivity contribution in [2.45, 2.75) is 25.7 Å². The second-order valence-corrected chi connectivity index (χ2v) is 9.69. The molecule has 0 atom stereocenters. The second kappa shape index (κ2) is 8.88. The molecule has 2 aromatic heterocycles. The number of carbonyl (C=O) groups excluding carboxylic acids is 1. The Balaban J connectivity index is 1.54. The van der Waals surface area contributed by atoms with Crippen LogP contribution in [-0.2, 0) is 10.0 Å². The van der Waals surface area contributed by atoms with Crippen molar-refractivity contribution in [2.24, 2.45) is 0 Å². The zero-order valence-corrected chi connectivity index (χ0v) is 19.9. The topological polar surface area (TPSA) is 131 Å². The summed E-state index contributed by atoms with van der Waals surface area (Å²) in [6, 6.07) is 11.2. The van der Waals surface area contributed by atoms with E-state index in [1.54, 1.807) is 26.8 Å². The van der Waals surface area contributed by atoms with E-state index in [1.165, 1.54) is 36.4 Å². The quantitative estimate of drug-likeness (QED) is 0.421. The summed E-state index contributed by atoms with van der Waals surface area (Å²) in [5.74, 6) is -0.251. The number of nitrogens with zero attached hydrogens (tertiary/aromatic N) is 2. The first kappa shape index (κ1) is 23.4. The number of amides is 1. The van der Waals surface area contributed by atoms with E-state index in [9.17, 15) is 18.0 Å². The van der Waals surface area contributed by atoms with Crippen molar-refractivity contribution in [2.75, 3.05) is 10.0 Å². The Kier molecular flexibility index (Phi) is 6.11. The highest BCUT2D eigenvalue weighted by molar-refractivity contribution is 7.92. The molecule has 0 aliphatic rings. The summed E-state index contributed by atoms with van der Waals surface area (Å²) < 4.78 is 33.3. The number of nitrogens with one attached hydrogen (secondary N) is 2. The third kappa shape index (κ3) is 4.92. The monoisotopic (exact) mass is 498 g/mol. The number of benzene rings is 2. The first-order valence-electron chi connectivity index (χ1n) is 10.0. The Morgan fingerprint density at radius 3 is 2.38 bits per heavy atom. The lowest BCUT2D eigenvalue weighted by Crippen LogP contribution is -2.16. The SMILES string of the molecule is Cc1cc(NS(=O)(=O)c2ccc(NC(=O)c3cc(=O)c4cc(Cl)c(C)cc4o3)cc2)nc(C)n1. The van der Waals surface area contributed by atoms with Gasteiger partial charge >= 0.3 is 0 Å². The van der Waals surface area contributed by atoms with E-state index in [0.717, 1.165) is 6.07 Å². The van der Waals surface area contributed by atoms with Crippen molar-refractivity contribution in [1.29, 1.82) is 0 Å². The van der Waals surface area contributed by atoms with Crippen molar-refractivity contribution in [1.82, 2.24) is 9.97 Å². The number of hydrogen-bond acceptors (Lipinski definition) is 7. The molecule has 0 aliphatic carbocycles. The van der Waals surface area contributed by atoms with Gasteiger partial charge in [-0.3, -0.25) is 14.3 Å². The molecule has 11 heteroatoms. The largest absolute Gasteiger partial charge is 0.451 e. The van der Waals surface area contributed by atoms with Crippen molar-refractivity contribution in [3.8, 4) is 0 Å². The van der Waals surface area contributed by atoms with Crippen LogP contribution in [0, 0.1) is 20.8 Å². The van der Waals surface area contributed by atoms with Crippen LogP contribution in [0.4, 0.5) is 11.5 Å². The Bertz CT molecular complexity index is 1580. The van der Waals surface area contributed by atoms with Gasteiger partial charge < -0.3 is 9.73 Å². The van der Waals surface area contributed by atoms with Crippen LogP contribution >= 0.6 is 11.6 Å². The van der Waals surface area contributed by atoms with Crippen LogP contribution in [0.1, 0.15) is 27.6 Å². The van der Waals surface area contributed by atoms with Gasteiger partial charge in [-0.05, 0) is 62.7 Å². The lowest BCUT2D eigenvalue weighted by Gasteiger charge is -2.10. The molecule has 0 bridgehead atoms. The zero-order valence-electron chi connectivity index (χ0n) is 18.3. The third-order valence-electron chi connectivity index (χ3n) is 4.86. The number of fused-ring (bicyclic) bond motifs is 1. The molecule has 4 aromatic rings. The first-order chi connectivity index (χ1) is 16.0. The van der Waals surface area contributed by atoms with Gasteiger partial charge in [0.1, 0.15) is 17.2 Å². The van der Waals surface area contributed by atoms with E-state index in [-0.39, 0.29) is 27.4 Å². The minimum absolute atomic E-state index is 0.0241. The Morgan fingerprint density at radius 1 is 1.00 bits per heavy atom. The summed E-state index contributed by atoms with van der Waals surface area (Å²) in [6.07, 6.45) is 0. The van der Waals surface area contributed by atoms with Crippen molar-refractivity contribution in [3.05, 3.63) is 86.6 Å². The smallest absolute Gasteiger partial charge is 0.291 e. The fourth-order valence-corrected chi connectivity index (χ4v) is 4.42. The normalized spacial score (nSPS) is 11.4. The van der Waals surface area contributed by atoms with E-state index in [4.69, 9.17) is 16.0 Å². The number of sulfonamides is 1. The molecule has 0 aliphatic heterocycles. The summed E-state index contributed by atoms with van der Waals surface area (Å²) in [5.41, 5.74) is 1.47. The molecule has 2 N–H and O–H groups in total. The van der Waals surface area contributed by atoms with Gasteiger partial charge in [0.25, 0.3) is 15.9 Å². The molecule has 2 aromatic carbocycles. The third-order valence-corrected chi connectivity index (χ3v) is 6.64. The average molecular weight is 499 g/mol. The average Bonchev–Trinajstić information content (AvgIpc) is 2.74. The summed E-state index contributed by atoms with van der Waals surface area (Å²) >= 11 is 6.06. The van der Waals surface area contributed by atoms with E-state index < -0.39 is 21.4 Å². The summed E-state index contributed by atoms with van der Waals surface area (Å²) in [7, 11) is -3.91. The molecule has 2 heterocycles. The van der Waals surface area contributed by atoms with Gasteiger partial charge in [-0.15, -0.1) is 0 Å². The molecular weight excluding hydrogens is 480 g/mol. The van der Waals surface area contributed by atoms with Gasteiger partial charge in [0.15, 0.2) is 11.2 Å². The van der Waals surface area contributed by atoms with Crippen molar-refractivity contribution >= 4 is 50.0 Å². The van der Waals surface area contributed by atoms with E-state index in [1.807, 2.05) is 0 Å². The fraction of sp³-hybridized carbons (Fsp3) is 0.130. The molecule has 0 fully saturated rings.